The van der Waals surface area contributed by atoms with Crippen LogP contribution in [0.15, 0.2) is 64.0 Å². The van der Waals surface area contributed by atoms with Crippen molar-refractivity contribution in [1.29, 1.82) is 0 Å². The average Bonchev–Trinajstić information content (AvgIpc) is 3.01. The summed E-state index contributed by atoms with van der Waals surface area (Å²) in [5.41, 5.74) is 2.74. The van der Waals surface area contributed by atoms with Crippen molar-refractivity contribution in [3.05, 3.63) is 65.9 Å². The molecule has 0 aliphatic carbocycles. The smallest absolute Gasteiger partial charge is 0.246 e. The Bertz CT molecular complexity index is 932. The van der Waals surface area contributed by atoms with Gasteiger partial charge in [0.1, 0.15) is 17.9 Å². The van der Waals surface area contributed by atoms with Crippen LogP contribution in [0.4, 0.5) is 5.69 Å². The quantitative estimate of drug-likeness (QED) is 0.462. The van der Waals surface area contributed by atoms with Crippen LogP contribution in [0.25, 0.3) is 11.0 Å². The molecule has 0 radical (unpaired) electrons. The van der Waals surface area contributed by atoms with E-state index in [2.05, 4.69) is 20.9 Å². The maximum Gasteiger partial charge on any atom is 0.246 e. The number of nitrogens with zero attached hydrogens (tertiary/aromatic N) is 1. The second-order valence-corrected chi connectivity index (χ2v) is 6.11. The van der Waals surface area contributed by atoms with Gasteiger partial charge in [0, 0.05) is 23.2 Å². The highest BCUT2D eigenvalue weighted by atomic mass is 16.3. The maximum atomic E-state index is 12.1. The van der Waals surface area contributed by atoms with Gasteiger partial charge >= 0.3 is 0 Å². The number of carbonyl (C=O) groups is 1. The van der Waals surface area contributed by atoms with E-state index in [0.717, 1.165) is 28.0 Å². The highest BCUT2D eigenvalue weighted by Crippen LogP contribution is 2.24. The number of nitrogens with one attached hydrogen (secondary N) is 3. The monoisotopic (exact) mass is 364 g/mol. The second-order valence-electron chi connectivity index (χ2n) is 6.11. The predicted octanol–water partition coefficient (Wildman–Crippen LogP) is 3.44. The molecule has 1 aromatic heterocycles. The van der Waals surface area contributed by atoms with Gasteiger partial charge in [0.05, 0.1) is 6.54 Å². The van der Waals surface area contributed by atoms with Gasteiger partial charge < -0.3 is 20.4 Å². The minimum absolute atomic E-state index is 0.0311. The van der Waals surface area contributed by atoms with Crippen molar-refractivity contribution in [2.45, 2.75) is 20.4 Å². The molecule has 3 aromatic rings. The number of aryl methyl sites for hydroxylation is 1. The largest absolute Gasteiger partial charge is 0.459 e. The Kier molecular flexibility index (Phi) is 6.10. The third-order valence-corrected chi connectivity index (χ3v) is 4.14. The summed E-state index contributed by atoms with van der Waals surface area (Å²) >= 11 is 0. The lowest BCUT2D eigenvalue weighted by atomic mass is 10.1. The normalized spacial score (nSPS) is 11.4. The van der Waals surface area contributed by atoms with Crippen LogP contribution in [0.2, 0.25) is 0 Å². The fraction of sp³-hybridized carbons (Fsp3) is 0.238. The van der Waals surface area contributed by atoms with Gasteiger partial charge in [-0.15, -0.1) is 0 Å². The number of guanidine groups is 1. The molecule has 6 nitrogen and oxygen atoms in total. The Labute approximate surface area is 158 Å². The first-order chi connectivity index (χ1) is 13.2. The Morgan fingerprint density at radius 1 is 1.04 bits per heavy atom. The van der Waals surface area contributed by atoms with Crippen molar-refractivity contribution in [2.24, 2.45) is 4.99 Å². The Morgan fingerprint density at radius 3 is 2.52 bits per heavy atom. The molecule has 0 atom stereocenters. The number of rotatable bonds is 6. The van der Waals surface area contributed by atoms with Crippen LogP contribution in [0.3, 0.4) is 0 Å². The van der Waals surface area contributed by atoms with E-state index < -0.39 is 0 Å². The molecule has 0 saturated heterocycles. The third kappa shape index (κ3) is 4.88. The molecule has 3 rings (SSSR count). The fourth-order valence-electron chi connectivity index (χ4n) is 2.77. The molecule has 1 amide bonds. The first-order valence-electron chi connectivity index (χ1n) is 9.01. The standard InChI is InChI=1S/C21H24N4O2/c1-3-22-21(24-14-20(26)25-16-9-5-4-6-10-16)23-13-19-15(2)17-11-7-8-12-18(17)27-19/h4-12H,3,13-14H2,1-2H3,(H,25,26)(H2,22,23,24). The highest BCUT2D eigenvalue weighted by molar-refractivity contribution is 5.94. The predicted molar refractivity (Wildman–Crippen MR) is 109 cm³/mol. The fourth-order valence-corrected chi connectivity index (χ4v) is 2.77. The van der Waals surface area contributed by atoms with Crippen LogP contribution < -0.4 is 16.0 Å². The van der Waals surface area contributed by atoms with Crippen molar-refractivity contribution in [1.82, 2.24) is 10.6 Å². The average molecular weight is 364 g/mol. The molecular formula is C21H24N4O2. The van der Waals surface area contributed by atoms with E-state index in [-0.39, 0.29) is 12.5 Å². The zero-order valence-electron chi connectivity index (χ0n) is 15.6. The van der Waals surface area contributed by atoms with E-state index in [1.54, 1.807) is 0 Å². The number of amides is 1. The van der Waals surface area contributed by atoms with Crippen LogP contribution in [-0.2, 0) is 11.3 Å². The summed E-state index contributed by atoms with van der Waals surface area (Å²) in [6, 6.07) is 17.3. The molecule has 3 N–H and O–H groups in total. The van der Waals surface area contributed by atoms with Gasteiger partial charge in [-0.05, 0) is 32.0 Å². The Balaban J connectivity index is 1.61. The van der Waals surface area contributed by atoms with Crippen LogP contribution in [0.5, 0.6) is 0 Å². The highest BCUT2D eigenvalue weighted by Gasteiger charge is 2.10. The third-order valence-electron chi connectivity index (χ3n) is 4.14. The van der Waals surface area contributed by atoms with Crippen molar-refractivity contribution < 1.29 is 9.21 Å². The number of fused-ring (bicyclic) bond motifs is 1. The van der Waals surface area contributed by atoms with Crippen LogP contribution >= 0.6 is 0 Å². The van der Waals surface area contributed by atoms with Gasteiger partial charge in [0.25, 0.3) is 0 Å². The number of benzene rings is 2. The SMILES string of the molecule is CCNC(=NCC(=O)Nc1ccccc1)NCc1oc2ccccc2c1C. The summed E-state index contributed by atoms with van der Waals surface area (Å²) in [4.78, 5) is 16.4. The van der Waals surface area contributed by atoms with Crippen LogP contribution in [0.1, 0.15) is 18.2 Å². The number of hydrogen-bond acceptors (Lipinski definition) is 3. The molecule has 0 fully saturated rings. The lowest BCUT2D eigenvalue weighted by Crippen LogP contribution is -2.37. The number of hydrogen-bond donors (Lipinski definition) is 3. The van der Waals surface area contributed by atoms with Crippen molar-refractivity contribution in [2.75, 3.05) is 18.4 Å². The molecule has 0 spiro atoms. The van der Waals surface area contributed by atoms with Crippen molar-refractivity contribution in [3.8, 4) is 0 Å². The number of aliphatic imine (C=N–C) groups is 1. The van der Waals surface area contributed by atoms with Crippen LogP contribution in [0, 0.1) is 6.92 Å². The van der Waals surface area contributed by atoms with E-state index in [4.69, 9.17) is 4.42 Å². The lowest BCUT2D eigenvalue weighted by Gasteiger charge is -2.10. The zero-order chi connectivity index (χ0) is 19.1. The summed E-state index contributed by atoms with van der Waals surface area (Å²) in [6.07, 6.45) is 0. The van der Waals surface area contributed by atoms with E-state index >= 15 is 0 Å². The van der Waals surface area contributed by atoms with Crippen LogP contribution in [-0.4, -0.2) is 25.0 Å². The second kappa shape index (κ2) is 8.89. The maximum absolute atomic E-state index is 12.1. The molecule has 0 aliphatic heterocycles. The minimum atomic E-state index is -0.168. The first kappa shape index (κ1) is 18.5. The van der Waals surface area contributed by atoms with Gasteiger partial charge in [0.2, 0.25) is 5.91 Å². The Hall–Kier alpha value is -3.28. The molecular weight excluding hydrogens is 340 g/mol. The molecule has 27 heavy (non-hydrogen) atoms. The molecule has 1 heterocycles. The van der Waals surface area contributed by atoms with Gasteiger partial charge in [-0.1, -0.05) is 36.4 Å². The summed E-state index contributed by atoms with van der Waals surface area (Å²) in [5, 5.41) is 10.3. The molecule has 6 heteroatoms. The molecule has 2 aromatic carbocycles. The van der Waals surface area contributed by atoms with E-state index in [0.29, 0.717) is 19.0 Å². The molecule has 0 unspecified atom stereocenters. The van der Waals surface area contributed by atoms with Crippen molar-refractivity contribution >= 4 is 28.5 Å². The summed E-state index contributed by atoms with van der Waals surface area (Å²) < 4.78 is 5.91. The molecule has 0 bridgehead atoms. The molecule has 0 saturated carbocycles. The molecule has 0 aliphatic rings. The summed E-state index contributed by atoms with van der Waals surface area (Å²) in [5.74, 6) is 1.26. The van der Waals surface area contributed by atoms with Gasteiger partial charge in [-0.3, -0.25) is 4.79 Å². The number of anilines is 1. The summed E-state index contributed by atoms with van der Waals surface area (Å²) in [7, 11) is 0. The first-order valence-corrected chi connectivity index (χ1v) is 9.01. The van der Waals surface area contributed by atoms with Gasteiger partial charge in [-0.2, -0.15) is 0 Å². The minimum Gasteiger partial charge on any atom is -0.459 e. The number of furan rings is 1. The lowest BCUT2D eigenvalue weighted by molar-refractivity contribution is -0.114. The number of para-hydroxylation sites is 2. The topological polar surface area (TPSA) is 78.7 Å². The van der Waals surface area contributed by atoms with E-state index in [1.165, 1.54) is 0 Å². The zero-order valence-corrected chi connectivity index (χ0v) is 15.6. The van der Waals surface area contributed by atoms with E-state index in [1.807, 2.05) is 68.4 Å². The van der Waals surface area contributed by atoms with E-state index in [9.17, 15) is 4.79 Å². The number of carbonyl (C=O) groups excluding carboxylic acids is 1. The van der Waals surface area contributed by atoms with Gasteiger partial charge in [-0.25, -0.2) is 4.99 Å². The van der Waals surface area contributed by atoms with Crippen molar-refractivity contribution in [3.63, 3.8) is 0 Å². The summed E-state index contributed by atoms with van der Waals surface area (Å²) in [6.45, 7) is 5.25. The Morgan fingerprint density at radius 2 is 1.78 bits per heavy atom. The molecule has 140 valence electrons. The van der Waals surface area contributed by atoms with Gasteiger partial charge in [0.15, 0.2) is 5.96 Å².